The average Bonchev–Trinajstić information content (AvgIpc) is 3.46. The lowest BCUT2D eigenvalue weighted by atomic mass is 10.0. The first-order valence-corrected chi connectivity index (χ1v) is 12.0. The number of thiophene rings is 1. The molecule has 0 aliphatic carbocycles. The second-order valence-electron chi connectivity index (χ2n) is 9.01. The Balaban J connectivity index is 1.38. The highest BCUT2D eigenvalue weighted by molar-refractivity contribution is 7.16. The van der Waals surface area contributed by atoms with Crippen molar-refractivity contribution in [3.05, 3.63) is 40.5 Å². The Labute approximate surface area is 197 Å². The van der Waals surface area contributed by atoms with Gasteiger partial charge < -0.3 is 15.0 Å². The monoisotopic (exact) mass is 467 g/mol. The van der Waals surface area contributed by atoms with E-state index in [9.17, 15) is 4.79 Å². The fourth-order valence-electron chi connectivity index (χ4n) is 4.45. The van der Waals surface area contributed by atoms with Gasteiger partial charge in [-0.2, -0.15) is 5.10 Å². The van der Waals surface area contributed by atoms with Gasteiger partial charge in [0.05, 0.1) is 41.1 Å². The number of nitrogens with one attached hydrogen (secondary N) is 1. The molecule has 0 bridgehead atoms. The predicted molar refractivity (Wildman–Crippen MR) is 128 cm³/mol. The summed E-state index contributed by atoms with van der Waals surface area (Å²) in [5, 5.41) is 7.38. The van der Waals surface area contributed by atoms with Crippen LogP contribution in [-0.4, -0.2) is 74.8 Å². The highest BCUT2D eigenvalue weighted by atomic mass is 32.1. The van der Waals surface area contributed by atoms with Gasteiger partial charge in [-0.1, -0.05) is 0 Å². The van der Waals surface area contributed by atoms with Gasteiger partial charge in [-0.15, -0.1) is 11.3 Å². The maximum atomic E-state index is 13.4. The summed E-state index contributed by atoms with van der Waals surface area (Å²) < 4.78 is 7.17. The zero-order valence-corrected chi connectivity index (χ0v) is 20.3. The lowest BCUT2D eigenvalue weighted by Crippen LogP contribution is -2.46. The van der Waals surface area contributed by atoms with Crippen molar-refractivity contribution in [1.82, 2.24) is 29.5 Å². The zero-order chi connectivity index (χ0) is 23.2. The molecule has 5 heterocycles. The van der Waals surface area contributed by atoms with Crippen LogP contribution in [0.25, 0.3) is 10.6 Å². The van der Waals surface area contributed by atoms with Crippen LogP contribution in [0.2, 0.25) is 0 Å². The Kier molecular flexibility index (Phi) is 5.67. The van der Waals surface area contributed by atoms with E-state index in [0.29, 0.717) is 12.5 Å². The molecule has 1 amide bonds. The summed E-state index contributed by atoms with van der Waals surface area (Å²) in [5.74, 6) is 1.42. The van der Waals surface area contributed by atoms with Gasteiger partial charge in [-0.3, -0.25) is 14.4 Å². The molecule has 2 aliphatic rings. The van der Waals surface area contributed by atoms with E-state index in [4.69, 9.17) is 9.72 Å². The molecule has 0 radical (unpaired) electrons. The molecule has 2 aliphatic heterocycles. The van der Waals surface area contributed by atoms with Crippen LogP contribution in [-0.2, 0) is 17.3 Å². The molecule has 0 aromatic carbocycles. The summed E-state index contributed by atoms with van der Waals surface area (Å²) in [5.41, 5.74) is 2.26. The van der Waals surface area contributed by atoms with Crippen molar-refractivity contribution in [3.63, 3.8) is 0 Å². The van der Waals surface area contributed by atoms with Crippen LogP contribution in [0.3, 0.4) is 0 Å². The summed E-state index contributed by atoms with van der Waals surface area (Å²) in [6, 6.07) is 3.87. The summed E-state index contributed by atoms with van der Waals surface area (Å²) >= 11 is 1.65. The molecule has 0 unspecified atom stereocenters. The molecule has 10 heteroatoms. The molecule has 1 saturated heterocycles. The Bertz CT molecular complexity index is 1180. The van der Waals surface area contributed by atoms with Crippen LogP contribution < -0.4 is 5.32 Å². The number of aromatic nitrogens is 4. The number of amides is 1. The van der Waals surface area contributed by atoms with E-state index in [1.54, 1.807) is 22.2 Å². The molecule has 33 heavy (non-hydrogen) atoms. The summed E-state index contributed by atoms with van der Waals surface area (Å²) in [6.07, 6.45) is 3.53. The molecule has 0 saturated carbocycles. The average molecular weight is 468 g/mol. The van der Waals surface area contributed by atoms with E-state index < -0.39 is 0 Å². The number of anilines is 2. The third kappa shape index (κ3) is 4.03. The number of rotatable bonds is 6. The first kappa shape index (κ1) is 22.0. The number of hydrogen-bond donors (Lipinski definition) is 1. The van der Waals surface area contributed by atoms with E-state index >= 15 is 0 Å². The van der Waals surface area contributed by atoms with Gasteiger partial charge in [0.1, 0.15) is 5.82 Å². The molecular formula is C23H29N7O2S. The van der Waals surface area contributed by atoms with Crippen molar-refractivity contribution >= 4 is 29.0 Å². The Morgan fingerprint density at radius 3 is 2.73 bits per heavy atom. The van der Waals surface area contributed by atoms with Crippen LogP contribution >= 0.6 is 11.3 Å². The fraction of sp³-hybridized carbons (Fsp3) is 0.478. The molecule has 174 valence electrons. The first-order chi connectivity index (χ1) is 15.8. The van der Waals surface area contributed by atoms with E-state index in [1.165, 1.54) is 0 Å². The molecule has 0 spiro atoms. The molecule has 1 N–H and O–H groups in total. The maximum absolute atomic E-state index is 13.4. The molecule has 5 rings (SSSR count). The van der Waals surface area contributed by atoms with E-state index in [-0.39, 0.29) is 11.4 Å². The standard InChI is InChI=1S/C23H29N7O2S/c1-15-14-24-22(26-18-5-6-25-28(18)4)27-19(15)17-13-16-20(33-17)23(2,3)30(21(16)31)8-7-29-9-11-32-12-10-29/h5-6,13-14H,7-12H2,1-4H3,(H,24,26,27). The van der Waals surface area contributed by atoms with Crippen LogP contribution in [0.4, 0.5) is 11.8 Å². The van der Waals surface area contributed by atoms with Crippen LogP contribution in [0.15, 0.2) is 24.5 Å². The van der Waals surface area contributed by atoms with Crippen molar-refractivity contribution in [2.24, 2.45) is 7.05 Å². The third-order valence-corrected chi connectivity index (χ3v) is 7.90. The van der Waals surface area contributed by atoms with Crippen LogP contribution in [0, 0.1) is 6.92 Å². The van der Waals surface area contributed by atoms with E-state index in [2.05, 4.69) is 34.1 Å². The molecule has 3 aromatic heterocycles. The van der Waals surface area contributed by atoms with Crippen molar-refractivity contribution in [3.8, 4) is 10.6 Å². The van der Waals surface area contributed by atoms with Crippen molar-refractivity contribution in [2.45, 2.75) is 26.3 Å². The van der Waals surface area contributed by atoms with E-state index in [1.807, 2.05) is 37.2 Å². The van der Waals surface area contributed by atoms with Crippen LogP contribution in [0.5, 0.6) is 0 Å². The third-order valence-electron chi connectivity index (χ3n) is 6.45. The summed E-state index contributed by atoms with van der Waals surface area (Å²) in [6.45, 7) is 11.2. The Morgan fingerprint density at radius 1 is 1.24 bits per heavy atom. The van der Waals surface area contributed by atoms with Gasteiger partial charge in [-0.05, 0) is 32.4 Å². The zero-order valence-electron chi connectivity index (χ0n) is 19.5. The number of morpholine rings is 1. The second kappa shape index (κ2) is 8.51. The van der Waals surface area contributed by atoms with Crippen molar-refractivity contribution < 1.29 is 9.53 Å². The molecule has 9 nitrogen and oxygen atoms in total. The van der Waals surface area contributed by atoms with Gasteiger partial charge in [0.2, 0.25) is 5.95 Å². The smallest absolute Gasteiger partial charge is 0.255 e. The van der Waals surface area contributed by atoms with Crippen molar-refractivity contribution in [2.75, 3.05) is 44.7 Å². The second-order valence-corrected chi connectivity index (χ2v) is 10.1. The van der Waals surface area contributed by atoms with Crippen molar-refractivity contribution in [1.29, 1.82) is 0 Å². The van der Waals surface area contributed by atoms with Gasteiger partial charge in [0.25, 0.3) is 5.91 Å². The minimum absolute atomic E-state index is 0.103. The Morgan fingerprint density at radius 2 is 2.03 bits per heavy atom. The minimum atomic E-state index is -0.349. The quantitative estimate of drug-likeness (QED) is 0.596. The molecule has 0 atom stereocenters. The largest absolute Gasteiger partial charge is 0.379 e. The van der Waals surface area contributed by atoms with Crippen LogP contribution in [0.1, 0.15) is 34.6 Å². The number of nitrogens with zero attached hydrogens (tertiary/aromatic N) is 6. The van der Waals surface area contributed by atoms with E-state index in [0.717, 1.165) is 65.2 Å². The highest BCUT2D eigenvalue weighted by Crippen LogP contribution is 2.46. The lowest BCUT2D eigenvalue weighted by molar-refractivity contribution is 0.0263. The van der Waals surface area contributed by atoms with Gasteiger partial charge in [0.15, 0.2) is 0 Å². The maximum Gasteiger partial charge on any atom is 0.255 e. The molecule has 3 aromatic rings. The SMILES string of the molecule is Cc1cnc(Nc2ccnn2C)nc1-c1cc2c(s1)C(C)(C)N(CCN1CCOCC1)C2=O. The number of fused-ring (bicyclic) bond motifs is 1. The van der Waals surface area contributed by atoms with Gasteiger partial charge >= 0.3 is 0 Å². The summed E-state index contributed by atoms with van der Waals surface area (Å²) in [7, 11) is 1.86. The highest BCUT2D eigenvalue weighted by Gasteiger charge is 2.45. The number of carbonyl (C=O) groups is 1. The minimum Gasteiger partial charge on any atom is -0.379 e. The van der Waals surface area contributed by atoms with Gasteiger partial charge in [0, 0.05) is 50.4 Å². The number of aryl methyl sites for hydroxylation is 2. The topological polar surface area (TPSA) is 88.4 Å². The summed E-state index contributed by atoms with van der Waals surface area (Å²) in [4.78, 5) is 29.0. The lowest BCUT2D eigenvalue weighted by Gasteiger charge is -2.35. The molecular weight excluding hydrogens is 438 g/mol. The normalized spacial score (nSPS) is 18.1. The number of carbonyl (C=O) groups excluding carboxylic acids is 1. The predicted octanol–water partition coefficient (Wildman–Crippen LogP) is 3.01. The first-order valence-electron chi connectivity index (χ1n) is 11.2. The Hall–Kier alpha value is -2.82. The van der Waals surface area contributed by atoms with Gasteiger partial charge in [-0.25, -0.2) is 9.97 Å². The fourth-order valence-corrected chi connectivity index (χ4v) is 5.77. The number of ether oxygens (including phenoxy) is 1. The molecule has 1 fully saturated rings. The number of hydrogen-bond acceptors (Lipinski definition) is 8.